The molecule has 1 fully saturated rings. The summed E-state index contributed by atoms with van der Waals surface area (Å²) in [6, 6.07) is 5.01. The molecule has 2 aliphatic rings. The van der Waals surface area contributed by atoms with Crippen LogP contribution in [0.15, 0.2) is 23.1 Å². The highest BCUT2D eigenvalue weighted by Gasteiger charge is 2.44. The number of fused-ring (bicyclic) bond motifs is 1. The van der Waals surface area contributed by atoms with Gasteiger partial charge in [0.05, 0.1) is 23.5 Å². The number of hydrogen-bond donors (Lipinski definition) is 0. The van der Waals surface area contributed by atoms with E-state index in [1.165, 1.54) is 4.31 Å². The Bertz CT molecular complexity index is 736. The summed E-state index contributed by atoms with van der Waals surface area (Å²) in [5.74, 6) is 0.0101. The molecule has 0 unspecified atom stereocenters. The van der Waals surface area contributed by atoms with E-state index < -0.39 is 15.4 Å². The summed E-state index contributed by atoms with van der Waals surface area (Å²) in [6.45, 7) is 7.73. The largest absolute Gasteiger partial charge is 0.379 e. The molecule has 7 heteroatoms. The second kappa shape index (κ2) is 5.58. The summed E-state index contributed by atoms with van der Waals surface area (Å²) in [7, 11) is -3.55. The lowest BCUT2D eigenvalue weighted by molar-refractivity contribution is -0.122. The van der Waals surface area contributed by atoms with E-state index in [9.17, 15) is 13.2 Å². The molecule has 1 amide bonds. The number of amides is 1. The molecule has 0 aromatic heterocycles. The minimum Gasteiger partial charge on any atom is -0.379 e. The first-order chi connectivity index (χ1) is 10.8. The maximum atomic E-state index is 12.8. The number of morpholine rings is 1. The van der Waals surface area contributed by atoms with Crippen LogP contribution in [-0.2, 0) is 25.0 Å². The van der Waals surface area contributed by atoms with Crippen molar-refractivity contribution in [2.45, 2.75) is 31.1 Å². The first kappa shape index (κ1) is 16.4. The van der Waals surface area contributed by atoms with E-state index in [-0.39, 0.29) is 10.8 Å². The molecule has 1 saturated heterocycles. The number of ether oxygens (including phenoxy) is 1. The Kier molecular flexibility index (Phi) is 3.98. The van der Waals surface area contributed by atoms with Gasteiger partial charge in [-0.3, -0.25) is 4.79 Å². The van der Waals surface area contributed by atoms with E-state index in [4.69, 9.17) is 4.74 Å². The molecule has 6 nitrogen and oxygen atoms in total. The molecule has 126 valence electrons. The number of nitrogens with zero attached hydrogens (tertiary/aromatic N) is 2. The number of carbonyl (C=O) groups excluding carboxylic acids is 1. The molecular formula is C16H22N2O4S. The SMILES string of the molecule is CCN1C(=O)C(C)(C)c2cc(S(=O)(=O)N3CCOCC3)ccc21. The lowest BCUT2D eigenvalue weighted by atomic mass is 9.86. The Labute approximate surface area is 137 Å². The molecule has 0 aliphatic carbocycles. The van der Waals surface area contributed by atoms with Crippen LogP contribution in [0.3, 0.4) is 0 Å². The molecule has 0 atom stereocenters. The van der Waals surface area contributed by atoms with Crippen LogP contribution in [0.5, 0.6) is 0 Å². The van der Waals surface area contributed by atoms with Crippen LogP contribution in [0.1, 0.15) is 26.3 Å². The van der Waals surface area contributed by atoms with Gasteiger partial charge in [0.25, 0.3) is 0 Å². The van der Waals surface area contributed by atoms with Gasteiger partial charge in [0.15, 0.2) is 0 Å². The fourth-order valence-electron chi connectivity index (χ4n) is 3.22. The maximum absolute atomic E-state index is 12.8. The number of anilines is 1. The molecule has 23 heavy (non-hydrogen) atoms. The van der Waals surface area contributed by atoms with E-state index >= 15 is 0 Å². The van der Waals surface area contributed by atoms with Crippen molar-refractivity contribution >= 4 is 21.6 Å². The molecule has 0 radical (unpaired) electrons. The third-order valence-electron chi connectivity index (χ3n) is 4.64. The highest BCUT2D eigenvalue weighted by Crippen LogP contribution is 2.42. The van der Waals surface area contributed by atoms with Crippen molar-refractivity contribution in [1.29, 1.82) is 0 Å². The normalized spacial score (nSPS) is 21.5. The molecule has 0 spiro atoms. The predicted molar refractivity (Wildman–Crippen MR) is 87.1 cm³/mol. The Balaban J connectivity index is 2.05. The van der Waals surface area contributed by atoms with Crippen molar-refractivity contribution in [3.63, 3.8) is 0 Å². The monoisotopic (exact) mass is 338 g/mol. The highest BCUT2D eigenvalue weighted by atomic mass is 32.2. The Morgan fingerprint density at radius 2 is 1.87 bits per heavy atom. The zero-order valence-corrected chi connectivity index (χ0v) is 14.5. The summed E-state index contributed by atoms with van der Waals surface area (Å²) < 4.78 is 32.3. The fourth-order valence-corrected chi connectivity index (χ4v) is 4.66. The average Bonchev–Trinajstić information content (AvgIpc) is 2.74. The number of benzene rings is 1. The first-order valence-corrected chi connectivity index (χ1v) is 9.28. The zero-order chi connectivity index (χ0) is 16.8. The van der Waals surface area contributed by atoms with Crippen LogP contribution in [0.25, 0.3) is 0 Å². The average molecular weight is 338 g/mol. The molecular weight excluding hydrogens is 316 g/mol. The molecule has 0 saturated carbocycles. The van der Waals surface area contributed by atoms with Gasteiger partial charge in [0.2, 0.25) is 15.9 Å². The van der Waals surface area contributed by atoms with Crippen LogP contribution in [0, 0.1) is 0 Å². The summed E-state index contributed by atoms with van der Waals surface area (Å²) in [4.78, 5) is 14.5. The molecule has 1 aromatic carbocycles. The molecule has 0 N–H and O–H groups in total. The van der Waals surface area contributed by atoms with E-state index in [1.54, 1.807) is 23.1 Å². The van der Waals surface area contributed by atoms with Crippen molar-refractivity contribution in [3.05, 3.63) is 23.8 Å². The second-order valence-electron chi connectivity index (χ2n) is 6.37. The second-order valence-corrected chi connectivity index (χ2v) is 8.31. The van der Waals surface area contributed by atoms with Crippen molar-refractivity contribution < 1.29 is 17.9 Å². The van der Waals surface area contributed by atoms with Gasteiger partial charge in [-0.2, -0.15) is 4.31 Å². The van der Waals surface area contributed by atoms with Crippen LogP contribution < -0.4 is 4.90 Å². The summed E-state index contributed by atoms with van der Waals surface area (Å²) >= 11 is 0. The Hall–Kier alpha value is -1.44. The molecule has 1 aromatic rings. The minimum absolute atomic E-state index is 0.0101. The number of carbonyl (C=O) groups is 1. The fraction of sp³-hybridized carbons (Fsp3) is 0.562. The van der Waals surface area contributed by atoms with Gasteiger partial charge in [0, 0.05) is 25.3 Å². The topological polar surface area (TPSA) is 66.9 Å². The lowest BCUT2D eigenvalue weighted by Gasteiger charge is -2.26. The Morgan fingerprint density at radius 1 is 1.22 bits per heavy atom. The van der Waals surface area contributed by atoms with Gasteiger partial charge in [0.1, 0.15) is 0 Å². The van der Waals surface area contributed by atoms with Crippen LogP contribution in [-0.4, -0.2) is 51.5 Å². The molecule has 0 bridgehead atoms. The van der Waals surface area contributed by atoms with Gasteiger partial charge < -0.3 is 9.64 Å². The third-order valence-corrected chi connectivity index (χ3v) is 6.53. The van der Waals surface area contributed by atoms with Crippen LogP contribution in [0.4, 0.5) is 5.69 Å². The standard InChI is InChI=1S/C16H22N2O4S/c1-4-18-14-6-5-12(11-13(14)16(2,3)15(18)19)23(20,21)17-7-9-22-10-8-17/h5-6,11H,4,7-10H2,1-3H3. The molecule has 2 heterocycles. The highest BCUT2D eigenvalue weighted by molar-refractivity contribution is 7.89. The van der Waals surface area contributed by atoms with Crippen molar-refractivity contribution in [2.24, 2.45) is 0 Å². The van der Waals surface area contributed by atoms with Gasteiger partial charge in [-0.25, -0.2) is 8.42 Å². The maximum Gasteiger partial charge on any atom is 0.243 e. The van der Waals surface area contributed by atoms with Gasteiger partial charge >= 0.3 is 0 Å². The quantitative estimate of drug-likeness (QED) is 0.834. The van der Waals surface area contributed by atoms with E-state index in [0.29, 0.717) is 32.8 Å². The predicted octanol–water partition coefficient (Wildman–Crippen LogP) is 1.35. The molecule has 2 aliphatic heterocycles. The lowest BCUT2D eigenvalue weighted by Crippen LogP contribution is -2.40. The summed E-state index contributed by atoms with van der Waals surface area (Å²) in [6.07, 6.45) is 0. The smallest absolute Gasteiger partial charge is 0.243 e. The van der Waals surface area contributed by atoms with Gasteiger partial charge in [-0.1, -0.05) is 0 Å². The van der Waals surface area contributed by atoms with Gasteiger partial charge in [-0.15, -0.1) is 0 Å². The number of rotatable bonds is 3. The first-order valence-electron chi connectivity index (χ1n) is 7.84. The van der Waals surface area contributed by atoms with Crippen molar-refractivity contribution in [1.82, 2.24) is 4.31 Å². The zero-order valence-electron chi connectivity index (χ0n) is 13.7. The summed E-state index contributed by atoms with van der Waals surface area (Å²) in [5.41, 5.74) is 0.879. The minimum atomic E-state index is -3.55. The molecule has 3 rings (SSSR count). The van der Waals surface area contributed by atoms with E-state index in [0.717, 1.165) is 11.3 Å². The summed E-state index contributed by atoms with van der Waals surface area (Å²) in [5, 5.41) is 0. The van der Waals surface area contributed by atoms with E-state index in [2.05, 4.69) is 0 Å². The van der Waals surface area contributed by atoms with Crippen molar-refractivity contribution in [2.75, 3.05) is 37.7 Å². The van der Waals surface area contributed by atoms with Crippen LogP contribution >= 0.6 is 0 Å². The number of sulfonamides is 1. The number of likely N-dealkylation sites (N-methyl/N-ethyl adjacent to an activating group) is 1. The number of hydrogen-bond acceptors (Lipinski definition) is 4. The Morgan fingerprint density at radius 3 is 2.48 bits per heavy atom. The van der Waals surface area contributed by atoms with Crippen LogP contribution in [0.2, 0.25) is 0 Å². The van der Waals surface area contributed by atoms with Gasteiger partial charge in [-0.05, 0) is 44.5 Å². The van der Waals surface area contributed by atoms with E-state index in [1.807, 2.05) is 20.8 Å². The van der Waals surface area contributed by atoms with Crippen molar-refractivity contribution in [3.8, 4) is 0 Å². The third kappa shape index (κ3) is 2.47.